The van der Waals surface area contributed by atoms with E-state index in [-0.39, 0.29) is 0 Å². The van der Waals surface area contributed by atoms with Crippen LogP contribution in [0.3, 0.4) is 0 Å². The van der Waals surface area contributed by atoms with E-state index in [4.69, 9.17) is 13.9 Å². The topological polar surface area (TPSA) is 44.5 Å². The third-order valence-electron chi connectivity index (χ3n) is 2.96. The Hall–Kier alpha value is -1.65. The summed E-state index contributed by atoms with van der Waals surface area (Å²) in [4.78, 5) is 3.90. The van der Waals surface area contributed by atoms with Gasteiger partial charge < -0.3 is 13.9 Å². The normalized spacial score (nSPS) is 18.4. The Morgan fingerprint density at radius 1 is 1.12 bits per heavy atom. The molecule has 1 saturated heterocycles. The van der Waals surface area contributed by atoms with Gasteiger partial charge in [0.25, 0.3) is 0 Å². The zero-order valence-corrected chi connectivity index (χ0v) is 9.55. The molecule has 1 fully saturated rings. The summed E-state index contributed by atoms with van der Waals surface area (Å²) in [7, 11) is 0. The zero-order chi connectivity index (χ0) is 11.7. The predicted octanol–water partition coefficient (Wildman–Crippen LogP) is 2.56. The van der Waals surface area contributed by atoms with E-state index in [0.29, 0.717) is 13.2 Å². The fourth-order valence-corrected chi connectivity index (χ4v) is 1.98. The van der Waals surface area contributed by atoms with Crippen molar-refractivity contribution in [1.82, 2.24) is 4.98 Å². The Morgan fingerprint density at radius 3 is 2.41 bits per heavy atom. The quantitative estimate of drug-likeness (QED) is 0.796. The van der Waals surface area contributed by atoms with E-state index in [0.717, 1.165) is 16.9 Å². The van der Waals surface area contributed by atoms with Crippen LogP contribution >= 0.6 is 0 Å². The lowest BCUT2D eigenvalue weighted by molar-refractivity contribution is -0.149. The monoisotopic (exact) mass is 231 g/mol. The molecule has 0 amide bonds. The lowest BCUT2D eigenvalue weighted by atomic mass is 10.0. The van der Waals surface area contributed by atoms with E-state index in [1.54, 1.807) is 6.20 Å². The Kier molecular flexibility index (Phi) is 2.46. The molecular weight excluding hydrogens is 218 g/mol. The van der Waals surface area contributed by atoms with Crippen molar-refractivity contribution in [2.45, 2.75) is 12.7 Å². The van der Waals surface area contributed by atoms with Gasteiger partial charge in [0.15, 0.2) is 17.9 Å². The molecule has 4 nitrogen and oxygen atoms in total. The Balaban J connectivity index is 1.90. The summed E-state index contributed by atoms with van der Waals surface area (Å²) in [5.74, 6) is 0.148. The van der Waals surface area contributed by atoms with E-state index in [2.05, 4.69) is 4.98 Å². The van der Waals surface area contributed by atoms with E-state index in [1.165, 1.54) is 6.39 Å². The molecule has 0 saturated carbocycles. The molecule has 2 heterocycles. The molecule has 0 aliphatic carbocycles. The SMILES string of the molecule is CC1(c2ccc(-c3cnco3)cc2)OCCO1. The fourth-order valence-electron chi connectivity index (χ4n) is 1.98. The van der Waals surface area contributed by atoms with Crippen molar-refractivity contribution in [3.05, 3.63) is 42.4 Å². The molecule has 88 valence electrons. The lowest BCUT2D eigenvalue weighted by Gasteiger charge is -2.22. The van der Waals surface area contributed by atoms with Crippen molar-refractivity contribution in [3.8, 4) is 11.3 Å². The first-order valence-corrected chi connectivity index (χ1v) is 5.55. The van der Waals surface area contributed by atoms with Crippen LogP contribution in [0.25, 0.3) is 11.3 Å². The number of rotatable bonds is 2. The molecule has 2 aromatic rings. The van der Waals surface area contributed by atoms with E-state index < -0.39 is 5.79 Å². The second-order valence-electron chi connectivity index (χ2n) is 4.09. The highest BCUT2D eigenvalue weighted by atomic mass is 16.7. The van der Waals surface area contributed by atoms with Crippen molar-refractivity contribution in [3.63, 3.8) is 0 Å². The first-order chi connectivity index (χ1) is 8.28. The molecule has 1 aliphatic rings. The van der Waals surface area contributed by atoms with Crippen LogP contribution in [0, 0.1) is 0 Å². The minimum absolute atomic E-state index is 0.611. The van der Waals surface area contributed by atoms with Gasteiger partial charge >= 0.3 is 0 Å². The summed E-state index contributed by atoms with van der Waals surface area (Å²) < 4.78 is 16.4. The van der Waals surface area contributed by atoms with Crippen LogP contribution in [0.5, 0.6) is 0 Å². The molecule has 0 radical (unpaired) electrons. The summed E-state index contributed by atoms with van der Waals surface area (Å²) in [6.07, 6.45) is 3.12. The number of nitrogens with zero attached hydrogens (tertiary/aromatic N) is 1. The van der Waals surface area contributed by atoms with Crippen LogP contribution in [0.1, 0.15) is 12.5 Å². The number of oxazole rings is 1. The van der Waals surface area contributed by atoms with Gasteiger partial charge in [-0.25, -0.2) is 4.98 Å². The summed E-state index contributed by atoms with van der Waals surface area (Å²) in [6.45, 7) is 3.21. The van der Waals surface area contributed by atoms with Gasteiger partial charge in [-0.15, -0.1) is 0 Å². The first-order valence-electron chi connectivity index (χ1n) is 5.55. The molecule has 1 aromatic carbocycles. The average Bonchev–Trinajstić information content (AvgIpc) is 3.01. The average molecular weight is 231 g/mol. The van der Waals surface area contributed by atoms with Crippen molar-refractivity contribution >= 4 is 0 Å². The number of aromatic nitrogens is 1. The molecule has 1 aliphatic heterocycles. The zero-order valence-electron chi connectivity index (χ0n) is 9.55. The second kappa shape index (κ2) is 3.98. The fraction of sp³-hybridized carbons (Fsp3) is 0.308. The largest absolute Gasteiger partial charge is 0.444 e. The van der Waals surface area contributed by atoms with E-state index in [1.807, 2.05) is 31.2 Å². The highest BCUT2D eigenvalue weighted by Crippen LogP contribution is 2.32. The maximum atomic E-state index is 5.60. The third-order valence-corrected chi connectivity index (χ3v) is 2.96. The van der Waals surface area contributed by atoms with E-state index >= 15 is 0 Å². The van der Waals surface area contributed by atoms with Crippen LogP contribution in [0.2, 0.25) is 0 Å². The molecule has 0 atom stereocenters. The third kappa shape index (κ3) is 1.85. The van der Waals surface area contributed by atoms with Gasteiger partial charge in [0.05, 0.1) is 19.4 Å². The first kappa shape index (κ1) is 10.5. The molecular formula is C13H13NO3. The van der Waals surface area contributed by atoms with Crippen LogP contribution in [-0.4, -0.2) is 18.2 Å². The minimum Gasteiger partial charge on any atom is -0.444 e. The van der Waals surface area contributed by atoms with Gasteiger partial charge in [-0.1, -0.05) is 24.3 Å². The Labute approximate surface area is 99.2 Å². The lowest BCUT2D eigenvalue weighted by Crippen LogP contribution is -2.22. The van der Waals surface area contributed by atoms with Crippen LogP contribution in [0.15, 0.2) is 41.3 Å². The van der Waals surface area contributed by atoms with Gasteiger partial charge in [0.1, 0.15) is 0 Å². The van der Waals surface area contributed by atoms with Crippen molar-refractivity contribution in [1.29, 1.82) is 0 Å². The summed E-state index contributed by atoms with van der Waals surface area (Å²) >= 11 is 0. The number of ether oxygens (including phenoxy) is 2. The molecule has 1 aromatic heterocycles. The minimum atomic E-state index is -0.611. The molecule has 0 spiro atoms. The van der Waals surface area contributed by atoms with Crippen molar-refractivity contribution in [2.24, 2.45) is 0 Å². The maximum Gasteiger partial charge on any atom is 0.192 e. The van der Waals surface area contributed by atoms with Crippen molar-refractivity contribution in [2.75, 3.05) is 13.2 Å². The Bertz CT molecular complexity index is 484. The van der Waals surface area contributed by atoms with Gasteiger partial charge in [-0.2, -0.15) is 0 Å². The van der Waals surface area contributed by atoms with E-state index in [9.17, 15) is 0 Å². The van der Waals surface area contributed by atoms with Gasteiger partial charge in [0.2, 0.25) is 0 Å². The molecule has 0 N–H and O–H groups in total. The summed E-state index contributed by atoms with van der Waals surface area (Å²) in [5.41, 5.74) is 2.01. The highest BCUT2D eigenvalue weighted by Gasteiger charge is 2.32. The van der Waals surface area contributed by atoms with Crippen LogP contribution in [-0.2, 0) is 15.3 Å². The Morgan fingerprint density at radius 2 is 1.82 bits per heavy atom. The molecule has 0 unspecified atom stereocenters. The molecule has 4 heteroatoms. The van der Waals surface area contributed by atoms with Gasteiger partial charge in [-0.05, 0) is 6.92 Å². The smallest absolute Gasteiger partial charge is 0.192 e. The maximum absolute atomic E-state index is 5.60. The number of benzene rings is 1. The van der Waals surface area contributed by atoms with Crippen LogP contribution < -0.4 is 0 Å². The standard InChI is InChI=1S/C13H13NO3/c1-13(16-6-7-17-13)11-4-2-10(3-5-11)12-8-14-9-15-12/h2-5,8-9H,6-7H2,1H3. The van der Waals surface area contributed by atoms with Gasteiger partial charge in [0, 0.05) is 11.1 Å². The molecule has 17 heavy (non-hydrogen) atoms. The molecule has 3 rings (SSSR count). The summed E-state index contributed by atoms with van der Waals surface area (Å²) in [6, 6.07) is 7.94. The summed E-state index contributed by atoms with van der Waals surface area (Å²) in [5, 5.41) is 0. The molecule has 0 bridgehead atoms. The number of hydrogen-bond acceptors (Lipinski definition) is 4. The van der Waals surface area contributed by atoms with Crippen molar-refractivity contribution < 1.29 is 13.9 Å². The number of hydrogen-bond donors (Lipinski definition) is 0. The second-order valence-corrected chi connectivity index (χ2v) is 4.09. The predicted molar refractivity (Wildman–Crippen MR) is 61.2 cm³/mol. The highest BCUT2D eigenvalue weighted by molar-refractivity contribution is 5.56. The van der Waals surface area contributed by atoms with Gasteiger partial charge in [-0.3, -0.25) is 0 Å². The van der Waals surface area contributed by atoms with Crippen LogP contribution in [0.4, 0.5) is 0 Å².